The van der Waals surface area contributed by atoms with Gasteiger partial charge in [-0.3, -0.25) is 0 Å². The Morgan fingerprint density at radius 1 is 1.24 bits per heavy atom. The lowest BCUT2D eigenvalue weighted by Crippen LogP contribution is -2.15. The van der Waals surface area contributed by atoms with E-state index in [1.807, 2.05) is 30.5 Å². The molecule has 0 bridgehead atoms. The molecule has 2 rings (SSSR count). The number of pyridine rings is 1. The van der Waals surface area contributed by atoms with E-state index in [1.54, 1.807) is 24.0 Å². The van der Waals surface area contributed by atoms with Crippen LogP contribution in [0.3, 0.4) is 0 Å². The monoisotopic (exact) mass is 306 g/mol. The van der Waals surface area contributed by atoms with Gasteiger partial charge in [0.2, 0.25) is 0 Å². The van der Waals surface area contributed by atoms with Crippen molar-refractivity contribution in [2.75, 3.05) is 12.8 Å². The summed E-state index contributed by atoms with van der Waals surface area (Å²) in [4.78, 5) is 5.11. The zero-order valence-electron chi connectivity index (χ0n) is 12.2. The topological polar surface area (TPSA) is 34.2 Å². The minimum absolute atomic E-state index is 0.0164. The van der Waals surface area contributed by atoms with Crippen LogP contribution in [0.2, 0.25) is 0 Å². The van der Waals surface area contributed by atoms with Crippen molar-refractivity contribution >= 4 is 11.8 Å². The Morgan fingerprint density at radius 2 is 2.00 bits per heavy atom. The normalized spacial score (nSPS) is 10.6. The molecule has 21 heavy (non-hydrogen) atoms. The Morgan fingerprint density at radius 3 is 2.67 bits per heavy atom. The first-order valence-electron chi connectivity index (χ1n) is 6.90. The highest BCUT2D eigenvalue weighted by molar-refractivity contribution is 7.98. The van der Waals surface area contributed by atoms with Crippen molar-refractivity contribution in [1.82, 2.24) is 10.3 Å². The second kappa shape index (κ2) is 8.00. The van der Waals surface area contributed by atoms with Crippen LogP contribution in [0.5, 0.6) is 11.6 Å². The van der Waals surface area contributed by atoms with E-state index in [2.05, 4.69) is 17.2 Å². The van der Waals surface area contributed by atoms with Crippen molar-refractivity contribution in [1.29, 1.82) is 0 Å². The third kappa shape index (κ3) is 4.44. The second-order valence-corrected chi connectivity index (χ2v) is 5.42. The van der Waals surface area contributed by atoms with Gasteiger partial charge in [-0.05, 0) is 49.6 Å². The van der Waals surface area contributed by atoms with Crippen molar-refractivity contribution in [2.45, 2.75) is 24.8 Å². The number of rotatable bonds is 7. The number of thioether (sulfide) groups is 1. The molecule has 112 valence electrons. The van der Waals surface area contributed by atoms with Gasteiger partial charge in [-0.15, -0.1) is 11.8 Å². The Labute approximate surface area is 128 Å². The fourth-order valence-corrected chi connectivity index (χ4v) is 2.23. The van der Waals surface area contributed by atoms with Gasteiger partial charge in [0, 0.05) is 23.2 Å². The van der Waals surface area contributed by atoms with Crippen molar-refractivity contribution < 1.29 is 9.13 Å². The first-order chi connectivity index (χ1) is 10.2. The van der Waals surface area contributed by atoms with Crippen molar-refractivity contribution in [3.05, 3.63) is 47.9 Å². The first-order valence-corrected chi connectivity index (χ1v) is 8.13. The smallest absolute Gasteiger partial charge is 0.256 e. The Kier molecular flexibility index (Phi) is 6.02. The maximum absolute atomic E-state index is 14.3. The molecule has 1 aromatic heterocycles. The number of nitrogens with one attached hydrogen (secondary N) is 1. The molecule has 0 fully saturated rings. The van der Waals surface area contributed by atoms with E-state index in [9.17, 15) is 4.39 Å². The molecule has 0 aliphatic carbocycles. The Bertz CT molecular complexity index is 575. The molecule has 1 N–H and O–H groups in total. The lowest BCUT2D eigenvalue weighted by Gasteiger charge is -2.09. The number of aromatic nitrogens is 1. The molecule has 1 aromatic carbocycles. The van der Waals surface area contributed by atoms with Gasteiger partial charge in [-0.25, -0.2) is 9.37 Å². The molecule has 0 saturated carbocycles. The van der Waals surface area contributed by atoms with Crippen LogP contribution in [0.25, 0.3) is 0 Å². The van der Waals surface area contributed by atoms with Crippen LogP contribution in [-0.2, 0) is 6.54 Å². The number of nitrogens with zero attached hydrogens (tertiary/aromatic N) is 1. The summed E-state index contributed by atoms with van der Waals surface area (Å²) in [5.41, 5.74) is 0.564. The molecule has 0 atom stereocenters. The summed E-state index contributed by atoms with van der Waals surface area (Å²) in [7, 11) is 0. The highest BCUT2D eigenvalue weighted by Gasteiger charge is 2.11. The van der Waals surface area contributed by atoms with Crippen molar-refractivity contribution in [3.63, 3.8) is 0 Å². The SMILES string of the molecule is CCCNCc1ccnc(Oc2ccc(SC)cc2)c1F. The average molecular weight is 306 g/mol. The van der Waals surface area contributed by atoms with Gasteiger partial charge in [-0.2, -0.15) is 0 Å². The fraction of sp³-hybridized carbons (Fsp3) is 0.312. The van der Waals surface area contributed by atoms with Gasteiger partial charge in [0.25, 0.3) is 5.88 Å². The van der Waals surface area contributed by atoms with Gasteiger partial charge < -0.3 is 10.1 Å². The zero-order valence-corrected chi connectivity index (χ0v) is 13.0. The predicted octanol–water partition coefficient (Wildman–Crippen LogP) is 4.23. The summed E-state index contributed by atoms with van der Waals surface area (Å²) in [5, 5.41) is 3.17. The van der Waals surface area contributed by atoms with Gasteiger partial charge >= 0.3 is 0 Å². The summed E-state index contributed by atoms with van der Waals surface area (Å²) in [6, 6.07) is 9.17. The van der Waals surface area contributed by atoms with Crippen molar-refractivity contribution in [2.24, 2.45) is 0 Å². The summed E-state index contributed by atoms with van der Waals surface area (Å²) in [6.07, 6.45) is 4.58. The Balaban J connectivity index is 2.10. The molecule has 2 aromatic rings. The predicted molar refractivity (Wildman–Crippen MR) is 84.5 cm³/mol. The van der Waals surface area contributed by atoms with E-state index < -0.39 is 5.82 Å². The molecule has 0 spiro atoms. The second-order valence-electron chi connectivity index (χ2n) is 4.54. The summed E-state index contributed by atoms with van der Waals surface area (Å²) in [6.45, 7) is 3.40. The lowest BCUT2D eigenvalue weighted by molar-refractivity contribution is 0.417. The summed E-state index contributed by atoms with van der Waals surface area (Å²) < 4.78 is 19.8. The molecule has 0 aliphatic rings. The maximum atomic E-state index is 14.3. The number of ether oxygens (including phenoxy) is 1. The molecule has 0 saturated heterocycles. The van der Waals surface area contributed by atoms with Gasteiger partial charge in [0.05, 0.1) is 0 Å². The number of halogens is 1. The standard InChI is InChI=1S/C16H19FN2OS/c1-3-9-18-11-12-8-10-19-16(15(12)17)20-13-4-6-14(21-2)7-5-13/h4-8,10,18H,3,9,11H2,1-2H3. The van der Waals surface area contributed by atoms with Gasteiger partial charge in [0.1, 0.15) is 5.75 Å². The fourth-order valence-electron chi connectivity index (χ4n) is 1.83. The van der Waals surface area contributed by atoms with E-state index in [0.717, 1.165) is 17.9 Å². The average Bonchev–Trinajstić information content (AvgIpc) is 2.52. The van der Waals surface area contributed by atoms with Crippen LogP contribution < -0.4 is 10.1 Å². The first kappa shape index (κ1) is 15.8. The third-order valence-electron chi connectivity index (χ3n) is 2.95. The van der Waals surface area contributed by atoms with E-state index in [-0.39, 0.29) is 5.88 Å². The molecule has 1 heterocycles. The maximum Gasteiger partial charge on any atom is 0.256 e. The molecular formula is C16H19FN2OS. The van der Waals surface area contributed by atoms with Crippen LogP contribution >= 0.6 is 11.8 Å². The van der Waals surface area contributed by atoms with Crippen LogP contribution in [0.1, 0.15) is 18.9 Å². The summed E-state index contributed by atoms with van der Waals surface area (Å²) >= 11 is 1.65. The molecule has 3 nitrogen and oxygen atoms in total. The molecule has 0 amide bonds. The number of benzene rings is 1. The molecular weight excluding hydrogens is 287 g/mol. The van der Waals surface area contributed by atoms with E-state index in [1.165, 1.54) is 0 Å². The largest absolute Gasteiger partial charge is 0.436 e. The van der Waals surface area contributed by atoms with Gasteiger partial charge in [0.15, 0.2) is 5.82 Å². The number of hydrogen-bond donors (Lipinski definition) is 1. The molecule has 0 unspecified atom stereocenters. The Hall–Kier alpha value is -1.59. The molecule has 0 radical (unpaired) electrons. The third-order valence-corrected chi connectivity index (χ3v) is 3.70. The number of hydrogen-bond acceptors (Lipinski definition) is 4. The van der Waals surface area contributed by atoms with Crippen LogP contribution in [0.15, 0.2) is 41.4 Å². The highest BCUT2D eigenvalue weighted by atomic mass is 32.2. The molecule has 0 aliphatic heterocycles. The van der Waals surface area contributed by atoms with Gasteiger partial charge in [-0.1, -0.05) is 6.92 Å². The van der Waals surface area contributed by atoms with E-state index in [0.29, 0.717) is 17.9 Å². The van der Waals surface area contributed by atoms with Crippen LogP contribution in [0.4, 0.5) is 4.39 Å². The van der Waals surface area contributed by atoms with E-state index >= 15 is 0 Å². The zero-order chi connectivity index (χ0) is 15.1. The quantitative estimate of drug-likeness (QED) is 0.613. The van der Waals surface area contributed by atoms with E-state index in [4.69, 9.17) is 4.74 Å². The van der Waals surface area contributed by atoms with Crippen molar-refractivity contribution in [3.8, 4) is 11.6 Å². The minimum Gasteiger partial charge on any atom is -0.436 e. The lowest BCUT2D eigenvalue weighted by atomic mass is 10.2. The summed E-state index contributed by atoms with van der Waals surface area (Å²) in [5.74, 6) is 0.190. The highest BCUT2D eigenvalue weighted by Crippen LogP contribution is 2.26. The van der Waals surface area contributed by atoms with Crippen LogP contribution in [-0.4, -0.2) is 17.8 Å². The minimum atomic E-state index is -0.407. The van der Waals surface area contributed by atoms with Crippen LogP contribution in [0, 0.1) is 5.82 Å². The molecule has 5 heteroatoms.